The van der Waals surface area contributed by atoms with Crippen molar-refractivity contribution in [2.24, 2.45) is 0 Å². The summed E-state index contributed by atoms with van der Waals surface area (Å²) >= 11 is 5.13. The van der Waals surface area contributed by atoms with Gasteiger partial charge in [0.25, 0.3) is 0 Å². The molecule has 0 aliphatic rings. The Labute approximate surface area is 107 Å². The van der Waals surface area contributed by atoms with Crippen molar-refractivity contribution in [3.8, 4) is 10.6 Å². The molecule has 0 aromatic carbocycles. The molecule has 0 saturated heterocycles. The lowest BCUT2D eigenvalue weighted by atomic mass is 10.4. The van der Waals surface area contributed by atoms with Crippen molar-refractivity contribution < 1.29 is 4.42 Å². The minimum atomic E-state index is 0.788. The maximum atomic E-state index is 5.68. The molecule has 5 heteroatoms. The first-order valence-electron chi connectivity index (χ1n) is 5.20. The number of rotatable bonds is 5. The number of nitrogens with zero attached hydrogens (tertiary/aromatic N) is 1. The molecule has 0 saturated carbocycles. The van der Waals surface area contributed by atoms with Crippen LogP contribution in [0, 0.1) is 0 Å². The SMILES string of the molecule is CCNCCc1ncc(-c2sccc2Br)o1. The van der Waals surface area contributed by atoms with Gasteiger partial charge in [-0.3, -0.25) is 0 Å². The van der Waals surface area contributed by atoms with Gasteiger partial charge in [0, 0.05) is 17.4 Å². The van der Waals surface area contributed by atoms with Gasteiger partial charge in [0.15, 0.2) is 11.7 Å². The van der Waals surface area contributed by atoms with Gasteiger partial charge in [-0.1, -0.05) is 6.92 Å². The highest BCUT2D eigenvalue weighted by Crippen LogP contribution is 2.33. The number of oxazole rings is 1. The smallest absolute Gasteiger partial charge is 0.196 e. The molecule has 0 amide bonds. The van der Waals surface area contributed by atoms with E-state index in [2.05, 4.69) is 33.2 Å². The van der Waals surface area contributed by atoms with Crippen LogP contribution < -0.4 is 5.32 Å². The molecule has 2 aromatic rings. The molecule has 86 valence electrons. The Bertz CT molecular complexity index is 452. The first-order chi connectivity index (χ1) is 7.81. The van der Waals surface area contributed by atoms with Gasteiger partial charge in [0.05, 0.1) is 11.1 Å². The zero-order chi connectivity index (χ0) is 11.4. The fraction of sp³-hybridized carbons (Fsp3) is 0.364. The zero-order valence-electron chi connectivity index (χ0n) is 9.00. The highest BCUT2D eigenvalue weighted by Gasteiger charge is 2.10. The third kappa shape index (κ3) is 2.72. The van der Waals surface area contributed by atoms with Gasteiger partial charge >= 0.3 is 0 Å². The maximum Gasteiger partial charge on any atom is 0.196 e. The minimum Gasteiger partial charge on any atom is -0.440 e. The van der Waals surface area contributed by atoms with E-state index < -0.39 is 0 Å². The van der Waals surface area contributed by atoms with E-state index in [1.165, 1.54) is 0 Å². The number of aromatic nitrogens is 1. The molecule has 2 aromatic heterocycles. The summed E-state index contributed by atoms with van der Waals surface area (Å²) in [5.41, 5.74) is 0. The molecule has 0 spiro atoms. The Morgan fingerprint density at radius 3 is 3.12 bits per heavy atom. The van der Waals surface area contributed by atoms with Crippen LogP contribution in [0.4, 0.5) is 0 Å². The highest BCUT2D eigenvalue weighted by molar-refractivity contribution is 9.10. The molecular formula is C11H13BrN2OS. The van der Waals surface area contributed by atoms with Gasteiger partial charge < -0.3 is 9.73 Å². The molecule has 0 radical (unpaired) electrons. The van der Waals surface area contributed by atoms with Gasteiger partial charge in [0.2, 0.25) is 0 Å². The lowest BCUT2D eigenvalue weighted by molar-refractivity contribution is 0.498. The van der Waals surface area contributed by atoms with Crippen molar-refractivity contribution in [1.29, 1.82) is 0 Å². The first kappa shape index (κ1) is 11.8. The Hall–Kier alpha value is -0.650. The molecule has 0 atom stereocenters. The second-order valence-electron chi connectivity index (χ2n) is 3.32. The van der Waals surface area contributed by atoms with E-state index in [-0.39, 0.29) is 0 Å². The van der Waals surface area contributed by atoms with Gasteiger partial charge in [-0.25, -0.2) is 4.98 Å². The number of halogens is 1. The van der Waals surface area contributed by atoms with Crippen molar-refractivity contribution in [2.75, 3.05) is 13.1 Å². The number of likely N-dealkylation sites (N-methyl/N-ethyl adjacent to an activating group) is 1. The van der Waals surface area contributed by atoms with E-state index in [0.717, 1.165) is 40.5 Å². The fourth-order valence-corrected chi connectivity index (χ4v) is 2.89. The summed E-state index contributed by atoms with van der Waals surface area (Å²) < 4.78 is 6.75. The number of hydrogen-bond acceptors (Lipinski definition) is 4. The molecule has 2 rings (SSSR count). The molecule has 3 nitrogen and oxygen atoms in total. The van der Waals surface area contributed by atoms with Crippen LogP contribution >= 0.6 is 27.3 Å². The predicted octanol–water partition coefficient (Wildman–Crippen LogP) is 3.32. The quantitative estimate of drug-likeness (QED) is 0.861. The van der Waals surface area contributed by atoms with E-state index in [0.29, 0.717) is 0 Å². The van der Waals surface area contributed by atoms with Crippen molar-refractivity contribution in [3.63, 3.8) is 0 Å². The van der Waals surface area contributed by atoms with Crippen molar-refractivity contribution >= 4 is 27.3 Å². The molecule has 0 bridgehead atoms. The van der Waals surface area contributed by atoms with Crippen LogP contribution in [0.1, 0.15) is 12.8 Å². The topological polar surface area (TPSA) is 38.1 Å². The van der Waals surface area contributed by atoms with E-state index in [4.69, 9.17) is 4.42 Å². The van der Waals surface area contributed by atoms with Crippen molar-refractivity contribution in [2.45, 2.75) is 13.3 Å². The monoisotopic (exact) mass is 300 g/mol. The van der Waals surface area contributed by atoms with E-state index in [1.807, 2.05) is 11.4 Å². The Kier molecular flexibility index (Phi) is 4.15. The summed E-state index contributed by atoms with van der Waals surface area (Å²) in [5, 5.41) is 5.27. The van der Waals surface area contributed by atoms with Crippen molar-refractivity contribution in [1.82, 2.24) is 10.3 Å². The van der Waals surface area contributed by atoms with E-state index >= 15 is 0 Å². The van der Waals surface area contributed by atoms with Gasteiger partial charge in [0.1, 0.15) is 0 Å². The van der Waals surface area contributed by atoms with Gasteiger partial charge in [-0.2, -0.15) is 0 Å². The second-order valence-corrected chi connectivity index (χ2v) is 5.09. The lowest BCUT2D eigenvalue weighted by Crippen LogP contribution is -2.16. The van der Waals surface area contributed by atoms with Crippen LogP contribution in [0.15, 0.2) is 26.5 Å². The molecule has 0 aliphatic carbocycles. The van der Waals surface area contributed by atoms with Crippen LogP contribution in [-0.4, -0.2) is 18.1 Å². The van der Waals surface area contributed by atoms with Crippen LogP contribution in [0.5, 0.6) is 0 Å². The molecule has 16 heavy (non-hydrogen) atoms. The number of nitrogens with one attached hydrogen (secondary N) is 1. The third-order valence-corrected chi connectivity index (χ3v) is 4.01. The Morgan fingerprint density at radius 1 is 1.56 bits per heavy atom. The average Bonchev–Trinajstić information content (AvgIpc) is 2.87. The Morgan fingerprint density at radius 2 is 2.44 bits per heavy atom. The summed E-state index contributed by atoms with van der Waals surface area (Å²) in [6, 6.07) is 2.01. The zero-order valence-corrected chi connectivity index (χ0v) is 11.4. The summed E-state index contributed by atoms with van der Waals surface area (Å²) in [6.45, 7) is 3.97. The normalized spacial score (nSPS) is 10.9. The molecule has 0 aliphatic heterocycles. The highest BCUT2D eigenvalue weighted by atomic mass is 79.9. The molecule has 1 N–H and O–H groups in total. The largest absolute Gasteiger partial charge is 0.440 e. The standard InChI is InChI=1S/C11H13BrN2OS/c1-2-13-5-3-10-14-7-9(15-10)11-8(12)4-6-16-11/h4,6-7,13H,2-3,5H2,1H3. The minimum absolute atomic E-state index is 0.788. The van der Waals surface area contributed by atoms with E-state index in [1.54, 1.807) is 17.5 Å². The first-order valence-corrected chi connectivity index (χ1v) is 6.87. The van der Waals surface area contributed by atoms with E-state index in [9.17, 15) is 0 Å². The summed E-state index contributed by atoms with van der Waals surface area (Å²) in [6.07, 6.45) is 2.62. The molecule has 0 unspecified atom stereocenters. The summed E-state index contributed by atoms with van der Waals surface area (Å²) in [4.78, 5) is 5.36. The van der Waals surface area contributed by atoms with Crippen molar-refractivity contribution in [3.05, 3.63) is 28.0 Å². The Balaban J connectivity index is 2.05. The third-order valence-electron chi connectivity index (χ3n) is 2.16. The van der Waals surface area contributed by atoms with Crippen LogP contribution in [0.25, 0.3) is 10.6 Å². The fourth-order valence-electron chi connectivity index (χ4n) is 1.37. The van der Waals surface area contributed by atoms with Crippen LogP contribution in [-0.2, 0) is 6.42 Å². The van der Waals surface area contributed by atoms with Crippen LogP contribution in [0.2, 0.25) is 0 Å². The number of hydrogen-bond donors (Lipinski definition) is 1. The lowest BCUT2D eigenvalue weighted by Gasteiger charge is -1.97. The summed E-state index contributed by atoms with van der Waals surface area (Å²) in [7, 11) is 0. The molecule has 2 heterocycles. The van der Waals surface area contributed by atoms with Gasteiger partial charge in [-0.15, -0.1) is 11.3 Å². The van der Waals surface area contributed by atoms with Crippen LogP contribution in [0.3, 0.4) is 0 Å². The summed E-state index contributed by atoms with van der Waals surface area (Å²) in [5.74, 6) is 1.63. The maximum absolute atomic E-state index is 5.68. The molecular weight excluding hydrogens is 288 g/mol. The predicted molar refractivity (Wildman–Crippen MR) is 69.8 cm³/mol. The number of thiophene rings is 1. The molecule has 0 fully saturated rings. The van der Waals surface area contributed by atoms with Gasteiger partial charge in [-0.05, 0) is 33.9 Å². The average molecular weight is 301 g/mol. The second kappa shape index (κ2) is 5.61.